The summed E-state index contributed by atoms with van der Waals surface area (Å²) >= 11 is 0. The number of rotatable bonds is 1. The Kier molecular flexibility index (Phi) is 1.77. The van der Waals surface area contributed by atoms with E-state index < -0.39 is 9.68 Å². The van der Waals surface area contributed by atoms with Gasteiger partial charge in [-0.15, -0.1) is 0 Å². The summed E-state index contributed by atoms with van der Waals surface area (Å²) in [6.45, 7) is 0. The van der Waals surface area contributed by atoms with Gasteiger partial charge in [0, 0.05) is 11.5 Å². The van der Waals surface area contributed by atoms with Crippen LogP contribution in [-0.4, -0.2) is 14.7 Å². The highest BCUT2D eigenvalue weighted by Crippen LogP contribution is 1.72. The number of pyridine rings is 1. The molecule has 0 aliphatic heterocycles. The Hall–Kier alpha value is -0.673. The van der Waals surface area contributed by atoms with Gasteiger partial charge in [-0.1, -0.05) is 6.07 Å². The fourth-order valence-corrected chi connectivity index (χ4v) is 1.00. The van der Waals surface area contributed by atoms with E-state index in [1.54, 1.807) is 6.20 Å². The molecule has 2 N–H and O–H groups in total. The summed E-state index contributed by atoms with van der Waals surface area (Å²) in [5.41, 5.74) is 0. The van der Waals surface area contributed by atoms with E-state index in [9.17, 15) is 0 Å². The van der Waals surface area contributed by atoms with Crippen molar-refractivity contribution in [3.05, 3.63) is 24.4 Å². The summed E-state index contributed by atoms with van der Waals surface area (Å²) < 4.78 is 0. The van der Waals surface area contributed by atoms with Crippen LogP contribution in [0.5, 0.6) is 0 Å². The highest BCUT2D eigenvalue weighted by atomic mass is 28.2. The molecule has 1 heterocycles. The monoisotopic (exact) mass is 124 g/mol. The molecular formula is C5H8N2Si. The van der Waals surface area contributed by atoms with Crippen molar-refractivity contribution >= 4 is 15.0 Å². The maximum absolute atomic E-state index is 5.43. The number of aromatic nitrogens is 1. The van der Waals surface area contributed by atoms with Crippen LogP contribution in [0.25, 0.3) is 0 Å². The molecule has 8 heavy (non-hydrogen) atoms. The largest absolute Gasteiger partial charge is 0.351 e. The van der Waals surface area contributed by atoms with Gasteiger partial charge in [0.1, 0.15) is 9.68 Å². The molecule has 0 aromatic carbocycles. The van der Waals surface area contributed by atoms with Crippen LogP contribution in [0.2, 0.25) is 0 Å². The van der Waals surface area contributed by atoms with Gasteiger partial charge in [0.25, 0.3) is 0 Å². The van der Waals surface area contributed by atoms with E-state index in [4.69, 9.17) is 5.40 Å². The molecule has 0 atom stereocenters. The van der Waals surface area contributed by atoms with Gasteiger partial charge in [0.05, 0.1) is 0 Å². The molecule has 1 rings (SSSR count). The minimum atomic E-state index is -0.520. The zero-order valence-corrected chi connectivity index (χ0v) is 5.96. The number of hydrogen-bond acceptors (Lipinski definition) is 2. The molecule has 0 saturated carbocycles. The molecule has 1 aromatic heterocycles. The average Bonchev–Trinajstić information content (AvgIpc) is 1.90. The van der Waals surface area contributed by atoms with Crippen molar-refractivity contribution < 1.29 is 0 Å². The van der Waals surface area contributed by atoms with Crippen LogP contribution in [0.3, 0.4) is 0 Å². The summed E-state index contributed by atoms with van der Waals surface area (Å²) in [5, 5.41) is 6.50. The predicted octanol–water partition coefficient (Wildman–Crippen LogP) is -1.25. The zero-order valence-electron chi connectivity index (χ0n) is 4.54. The second-order valence-corrected chi connectivity index (χ2v) is 2.66. The van der Waals surface area contributed by atoms with Crippen molar-refractivity contribution in [2.45, 2.75) is 0 Å². The highest BCUT2D eigenvalue weighted by Gasteiger charge is 1.83. The Morgan fingerprint density at radius 2 is 2.38 bits per heavy atom. The third-order valence-corrected chi connectivity index (χ3v) is 1.77. The number of nitrogens with zero attached hydrogens (tertiary/aromatic N) is 1. The van der Waals surface area contributed by atoms with E-state index in [0.29, 0.717) is 0 Å². The first kappa shape index (κ1) is 5.46. The first-order valence-corrected chi connectivity index (χ1v) is 4.06. The lowest BCUT2D eigenvalue weighted by Gasteiger charge is -1.88. The van der Waals surface area contributed by atoms with E-state index in [1.165, 1.54) is 0 Å². The van der Waals surface area contributed by atoms with Gasteiger partial charge in [-0.3, -0.25) is 4.98 Å². The second-order valence-electron chi connectivity index (χ2n) is 1.53. The molecule has 3 heteroatoms. The smallest absolute Gasteiger partial charge is 0.145 e. The molecular weight excluding hydrogens is 116 g/mol. The normalized spacial score (nSPS) is 10.6. The molecule has 0 aliphatic carbocycles. The maximum atomic E-state index is 5.43. The minimum absolute atomic E-state index is 0.520. The molecule has 0 amide bonds. The molecule has 2 nitrogen and oxygen atoms in total. The molecule has 0 aliphatic rings. The third-order valence-electron chi connectivity index (χ3n) is 0.935. The van der Waals surface area contributed by atoms with Crippen LogP contribution < -0.4 is 10.7 Å². The molecule has 0 spiro atoms. The van der Waals surface area contributed by atoms with E-state index in [1.807, 2.05) is 18.2 Å². The standard InChI is InChI=1S/C5H8N2Si/c6-8-5-3-1-2-4-7-5/h1-4H,6,8H2. The molecule has 0 unspecified atom stereocenters. The van der Waals surface area contributed by atoms with Crippen LogP contribution in [0.1, 0.15) is 0 Å². The van der Waals surface area contributed by atoms with Crippen molar-refractivity contribution in [3.63, 3.8) is 0 Å². The Balaban J connectivity index is 2.83. The molecule has 0 saturated heterocycles. The predicted molar refractivity (Wildman–Crippen MR) is 36.6 cm³/mol. The summed E-state index contributed by atoms with van der Waals surface area (Å²) in [5.74, 6) is 0. The quantitative estimate of drug-likeness (QED) is 0.475. The summed E-state index contributed by atoms with van der Waals surface area (Å²) in [7, 11) is -0.520. The van der Waals surface area contributed by atoms with E-state index in [2.05, 4.69) is 4.98 Å². The fourth-order valence-electron chi connectivity index (χ4n) is 0.519. The maximum Gasteiger partial charge on any atom is 0.145 e. The van der Waals surface area contributed by atoms with Crippen LogP contribution in [0, 0.1) is 0 Å². The fraction of sp³-hybridized carbons (Fsp3) is 0. The van der Waals surface area contributed by atoms with Gasteiger partial charge >= 0.3 is 0 Å². The molecule has 0 radical (unpaired) electrons. The highest BCUT2D eigenvalue weighted by molar-refractivity contribution is 6.48. The Bertz CT molecular complexity index is 152. The lowest BCUT2D eigenvalue weighted by Crippen LogP contribution is -2.25. The Morgan fingerprint density at radius 3 is 2.75 bits per heavy atom. The molecule has 1 aromatic rings. The van der Waals surface area contributed by atoms with Gasteiger partial charge < -0.3 is 5.40 Å². The van der Waals surface area contributed by atoms with Crippen LogP contribution in [-0.2, 0) is 0 Å². The van der Waals surface area contributed by atoms with Gasteiger partial charge in [-0.2, -0.15) is 0 Å². The van der Waals surface area contributed by atoms with Crippen LogP contribution in [0.15, 0.2) is 24.4 Å². The summed E-state index contributed by atoms with van der Waals surface area (Å²) in [6.07, 6.45) is 1.77. The summed E-state index contributed by atoms with van der Waals surface area (Å²) in [6, 6.07) is 5.82. The van der Waals surface area contributed by atoms with E-state index in [0.717, 1.165) is 5.32 Å². The number of nitrogens with two attached hydrogens (primary N) is 1. The van der Waals surface area contributed by atoms with Crippen molar-refractivity contribution in [3.8, 4) is 0 Å². The van der Waals surface area contributed by atoms with E-state index >= 15 is 0 Å². The molecule has 0 fully saturated rings. The SMILES string of the molecule is N[SiH2]c1ccccn1. The second kappa shape index (κ2) is 2.59. The summed E-state index contributed by atoms with van der Waals surface area (Å²) in [4.78, 5) is 4.03. The first-order chi connectivity index (χ1) is 3.93. The van der Waals surface area contributed by atoms with Gasteiger partial charge in [-0.25, -0.2) is 0 Å². The van der Waals surface area contributed by atoms with Gasteiger partial charge in [-0.05, 0) is 12.1 Å². The average molecular weight is 124 g/mol. The topological polar surface area (TPSA) is 38.9 Å². The van der Waals surface area contributed by atoms with Crippen molar-refractivity contribution in [2.75, 3.05) is 0 Å². The van der Waals surface area contributed by atoms with Crippen LogP contribution >= 0.6 is 0 Å². The van der Waals surface area contributed by atoms with Gasteiger partial charge in [0.2, 0.25) is 0 Å². The number of hydrogen-bond donors (Lipinski definition) is 1. The van der Waals surface area contributed by atoms with Crippen molar-refractivity contribution in [1.29, 1.82) is 0 Å². The van der Waals surface area contributed by atoms with Crippen LogP contribution in [0.4, 0.5) is 0 Å². The third kappa shape index (κ3) is 1.15. The molecule has 42 valence electrons. The van der Waals surface area contributed by atoms with Gasteiger partial charge in [0.15, 0.2) is 0 Å². The van der Waals surface area contributed by atoms with Crippen molar-refractivity contribution in [2.24, 2.45) is 5.40 Å². The van der Waals surface area contributed by atoms with Crippen molar-refractivity contribution in [1.82, 2.24) is 4.98 Å². The minimum Gasteiger partial charge on any atom is -0.351 e. The lowest BCUT2D eigenvalue weighted by atomic mass is 10.5. The first-order valence-electron chi connectivity index (χ1n) is 2.53. The lowest BCUT2D eigenvalue weighted by molar-refractivity contribution is 1.38. The Labute approximate surface area is 50.6 Å². The molecule has 0 bridgehead atoms. The van der Waals surface area contributed by atoms with E-state index in [-0.39, 0.29) is 0 Å². The zero-order chi connectivity index (χ0) is 5.82. The Morgan fingerprint density at radius 1 is 1.50 bits per heavy atom.